The summed E-state index contributed by atoms with van der Waals surface area (Å²) in [6.07, 6.45) is 17.5. The van der Waals surface area contributed by atoms with Gasteiger partial charge in [-0.1, -0.05) is 66.7 Å². The van der Waals surface area contributed by atoms with Gasteiger partial charge in [-0.05, 0) is 146 Å². The second kappa shape index (κ2) is 11.2. The number of carbonyl (C=O) groups is 1. The number of phenols is 1. The van der Waals surface area contributed by atoms with Gasteiger partial charge in [0.25, 0.3) is 0 Å². The van der Waals surface area contributed by atoms with Crippen LogP contribution in [0.4, 0.5) is 0 Å². The van der Waals surface area contributed by atoms with Gasteiger partial charge in [-0.3, -0.25) is 0 Å². The smallest absolute Gasteiger partial charge is 0.331 e. The van der Waals surface area contributed by atoms with Crippen molar-refractivity contribution in [3.63, 3.8) is 0 Å². The maximum Gasteiger partial charge on any atom is 0.331 e. The van der Waals surface area contributed by atoms with E-state index >= 15 is 0 Å². The molecule has 5 fully saturated rings. The van der Waals surface area contributed by atoms with Crippen LogP contribution in [0, 0.1) is 56.7 Å². The van der Waals surface area contributed by atoms with E-state index in [1.165, 1.54) is 83.0 Å². The molecule has 6 rings (SSSR count). The summed E-state index contributed by atoms with van der Waals surface area (Å²) in [5.74, 6) is 3.84. The fourth-order valence-electron chi connectivity index (χ4n) is 12.5. The summed E-state index contributed by atoms with van der Waals surface area (Å²) in [6.45, 7) is 21.7. The van der Waals surface area contributed by atoms with Gasteiger partial charge < -0.3 is 14.6 Å². The number of fused-ring (bicyclic) bond motifs is 2. The molecule has 1 aromatic rings. The molecule has 0 bridgehead atoms. The van der Waals surface area contributed by atoms with Crippen molar-refractivity contribution in [3.8, 4) is 11.5 Å². The van der Waals surface area contributed by atoms with Crippen molar-refractivity contribution in [2.24, 2.45) is 56.7 Å². The minimum absolute atomic E-state index is 0.0365. The van der Waals surface area contributed by atoms with Gasteiger partial charge in [0.2, 0.25) is 0 Å². The number of esters is 1. The van der Waals surface area contributed by atoms with Crippen molar-refractivity contribution in [2.45, 2.75) is 125 Å². The minimum atomic E-state index is -0.278. The largest absolute Gasteiger partial charge is 0.504 e. The maximum absolute atomic E-state index is 13.1. The van der Waals surface area contributed by atoms with Crippen molar-refractivity contribution in [2.75, 3.05) is 7.11 Å². The Morgan fingerprint density at radius 3 is 2.40 bits per heavy atom. The summed E-state index contributed by atoms with van der Waals surface area (Å²) in [7, 11) is 1.52. The van der Waals surface area contributed by atoms with Gasteiger partial charge in [0, 0.05) is 11.5 Å². The number of hydrogen-bond donors (Lipinski definition) is 1. The van der Waals surface area contributed by atoms with Crippen molar-refractivity contribution in [3.05, 3.63) is 42.0 Å². The molecule has 0 radical (unpaired) electrons. The highest BCUT2D eigenvalue weighted by atomic mass is 16.5. The Kier molecular flexibility index (Phi) is 8.13. The molecule has 1 N–H and O–H groups in total. The molecule has 0 aromatic heterocycles. The number of methoxy groups -OCH3 is 1. The normalized spacial score (nSPS) is 40.2. The fourth-order valence-corrected chi connectivity index (χ4v) is 12.5. The van der Waals surface area contributed by atoms with Gasteiger partial charge in [0.1, 0.15) is 6.10 Å². The van der Waals surface area contributed by atoms with Crippen LogP contribution in [-0.4, -0.2) is 24.3 Å². The topological polar surface area (TPSA) is 55.8 Å². The number of phenolic OH excluding ortho intramolecular Hbond substituents is 1. The van der Waals surface area contributed by atoms with Gasteiger partial charge in [-0.25, -0.2) is 4.79 Å². The predicted molar refractivity (Wildman–Crippen MR) is 183 cm³/mol. The molecular formula is C41H60O4. The summed E-state index contributed by atoms with van der Waals surface area (Å²) in [6, 6.07) is 5.08. The molecule has 0 aliphatic heterocycles. The summed E-state index contributed by atoms with van der Waals surface area (Å²) >= 11 is 0. The van der Waals surface area contributed by atoms with Crippen LogP contribution in [0.1, 0.15) is 125 Å². The molecule has 5 aliphatic rings. The van der Waals surface area contributed by atoms with Gasteiger partial charge in [-0.2, -0.15) is 0 Å². The van der Waals surface area contributed by atoms with Crippen LogP contribution in [0.2, 0.25) is 0 Å². The zero-order chi connectivity index (χ0) is 32.6. The highest BCUT2D eigenvalue weighted by molar-refractivity contribution is 5.87. The Hall–Kier alpha value is -2.23. The van der Waals surface area contributed by atoms with E-state index in [1.807, 2.05) is 0 Å². The summed E-state index contributed by atoms with van der Waals surface area (Å²) < 4.78 is 11.5. The Morgan fingerprint density at radius 2 is 1.69 bits per heavy atom. The van der Waals surface area contributed by atoms with Gasteiger partial charge >= 0.3 is 5.97 Å². The van der Waals surface area contributed by atoms with E-state index in [1.54, 1.807) is 24.3 Å². The zero-order valence-electron chi connectivity index (χ0n) is 29.5. The second-order valence-corrected chi connectivity index (χ2v) is 17.5. The summed E-state index contributed by atoms with van der Waals surface area (Å²) in [4.78, 5) is 13.1. The third kappa shape index (κ3) is 4.85. The Balaban J connectivity index is 1.14. The number of benzene rings is 1. The lowest BCUT2D eigenvalue weighted by atomic mass is 9.41. The number of aromatic hydroxyl groups is 1. The maximum atomic E-state index is 13.1. The SMILES string of the molecule is C=C(CC[C@@H](C)C1CC[C@@]2(C)[C@@H]3CC[C@H]4C(C)(C)[C@@H](OC(=O)/C=C/c5ccc(O)c(OC)c5)CC[C@@]45C[C@@]35CC[C@]12C)C(C)C. The number of allylic oxidation sites excluding steroid dienone is 1. The monoisotopic (exact) mass is 616 g/mol. The van der Waals surface area contributed by atoms with Gasteiger partial charge in [0.05, 0.1) is 7.11 Å². The van der Waals surface area contributed by atoms with Crippen LogP contribution in [0.3, 0.4) is 0 Å². The van der Waals surface area contributed by atoms with E-state index in [0.717, 1.165) is 29.7 Å². The highest BCUT2D eigenvalue weighted by Crippen LogP contribution is 2.89. The first-order valence-corrected chi connectivity index (χ1v) is 18.1. The molecule has 2 spiro atoms. The molecule has 4 nitrogen and oxygen atoms in total. The summed E-state index contributed by atoms with van der Waals surface area (Å²) in [5.41, 5.74) is 3.99. The average Bonchev–Trinajstić information content (AvgIpc) is 3.58. The van der Waals surface area contributed by atoms with Crippen LogP contribution < -0.4 is 4.74 Å². The van der Waals surface area contributed by atoms with Crippen LogP contribution in [0.25, 0.3) is 6.08 Å². The lowest BCUT2D eigenvalue weighted by Gasteiger charge is -2.63. The lowest BCUT2D eigenvalue weighted by molar-refractivity contribution is -0.179. The van der Waals surface area contributed by atoms with Crippen molar-refractivity contribution in [1.82, 2.24) is 0 Å². The molecule has 5 saturated carbocycles. The first kappa shape index (κ1) is 32.7. The third-order valence-electron chi connectivity index (χ3n) is 15.4. The lowest BCUT2D eigenvalue weighted by Crippen LogP contribution is -2.58. The van der Waals surface area contributed by atoms with Crippen molar-refractivity contribution in [1.29, 1.82) is 0 Å². The molecule has 1 unspecified atom stereocenters. The van der Waals surface area contributed by atoms with E-state index in [2.05, 4.69) is 55.0 Å². The highest BCUT2D eigenvalue weighted by Gasteiger charge is 2.82. The number of hydrogen-bond acceptors (Lipinski definition) is 4. The Labute approximate surface area is 273 Å². The van der Waals surface area contributed by atoms with E-state index in [-0.39, 0.29) is 23.2 Å². The Morgan fingerprint density at radius 1 is 0.978 bits per heavy atom. The van der Waals surface area contributed by atoms with Crippen LogP contribution >= 0.6 is 0 Å². The molecular weight excluding hydrogens is 556 g/mol. The number of carbonyl (C=O) groups excluding carboxylic acids is 1. The third-order valence-corrected chi connectivity index (χ3v) is 15.4. The molecule has 9 atom stereocenters. The van der Waals surface area contributed by atoms with E-state index in [0.29, 0.717) is 39.2 Å². The van der Waals surface area contributed by atoms with E-state index in [9.17, 15) is 9.90 Å². The number of ether oxygens (including phenoxy) is 2. The predicted octanol–water partition coefficient (Wildman–Crippen LogP) is 10.4. The molecule has 0 amide bonds. The van der Waals surface area contributed by atoms with Crippen molar-refractivity contribution >= 4 is 12.0 Å². The fraction of sp³-hybridized carbons (Fsp3) is 0.732. The van der Waals surface area contributed by atoms with Crippen LogP contribution in [-0.2, 0) is 9.53 Å². The molecule has 45 heavy (non-hydrogen) atoms. The molecule has 1 aromatic carbocycles. The molecule has 0 saturated heterocycles. The first-order chi connectivity index (χ1) is 21.1. The molecule has 5 aliphatic carbocycles. The molecule has 0 heterocycles. The first-order valence-electron chi connectivity index (χ1n) is 18.1. The Bertz CT molecular complexity index is 1360. The van der Waals surface area contributed by atoms with E-state index in [4.69, 9.17) is 9.47 Å². The molecule has 4 heteroatoms. The number of rotatable bonds is 9. The molecule has 248 valence electrons. The quantitative estimate of drug-likeness (QED) is 0.170. The van der Waals surface area contributed by atoms with Crippen molar-refractivity contribution < 1.29 is 19.4 Å². The van der Waals surface area contributed by atoms with Gasteiger partial charge in [-0.15, -0.1) is 0 Å². The standard InChI is InChI=1S/C41H60O4/c1-26(2)27(3)10-11-28(4)30-18-20-39(8)34-16-15-33-37(5,6)35(19-21-40(33)25-41(34,40)23-22-38(30,39)7)45-36(43)17-13-29-12-14-31(42)32(24-29)44-9/h12-14,17,24,26,28,30,33-35,42H,3,10-11,15-16,18-23,25H2,1-2,4-9H3/b17-13+/t28-,30?,33+,34+,35+,38-,39+,40-,41+/m1/s1. The average molecular weight is 617 g/mol. The minimum Gasteiger partial charge on any atom is -0.504 e. The second-order valence-electron chi connectivity index (χ2n) is 17.5. The zero-order valence-corrected chi connectivity index (χ0v) is 29.5. The van der Waals surface area contributed by atoms with Crippen LogP contribution in [0.5, 0.6) is 11.5 Å². The van der Waals surface area contributed by atoms with Gasteiger partial charge in [0.15, 0.2) is 11.5 Å². The van der Waals surface area contributed by atoms with E-state index < -0.39 is 0 Å². The summed E-state index contributed by atoms with van der Waals surface area (Å²) in [5, 5.41) is 9.89. The van der Waals surface area contributed by atoms with Crippen LogP contribution in [0.15, 0.2) is 36.4 Å².